The first-order chi connectivity index (χ1) is 8.24. The third kappa shape index (κ3) is 3.56. The van der Waals surface area contributed by atoms with Crippen molar-refractivity contribution in [2.24, 2.45) is 0 Å². The molecule has 17 heavy (non-hydrogen) atoms. The Kier molecular flexibility index (Phi) is 5.70. The number of hydrogen-bond donors (Lipinski definition) is 0. The van der Waals surface area contributed by atoms with Crippen LogP contribution in [-0.4, -0.2) is 18.9 Å². The van der Waals surface area contributed by atoms with Gasteiger partial charge in [-0.15, -0.1) is 11.6 Å². The molecule has 0 fully saturated rings. The zero-order chi connectivity index (χ0) is 12.7. The van der Waals surface area contributed by atoms with Gasteiger partial charge in [-0.05, 0) is 24.5 Å². The van der Waals surface area contributed by atoms with E-state index in [4.69, 9.17) is 16.3 Å². The summed E-state index contributed by atoms with van der Waals surface area (Å²) in [5.41, 5.74) is 2.06. The maximum absolute atomic E-state index is 11.8. The van der Waals surface area contributed by atoms with E-state index in [1.807, 2.05) is 12.1 Å². The Labute approximate surface area is 106 Å². The van der Waals surface area contributed by atoms with Crippen LogP contribution in [0.3, 0.4) is 0 Å². The number of carbonyl (C=O) groups excluding carboxylic acids is 2. The minimum absolute atomic E-state index is 0.253. The predicted molar refractivity (Wildman–Crippen MR) is 66.3 cm³/mol. The summed E-state index contributed by atoms with van der Waals surface area (Å²) in [6.45, 7) is 2.08. The topological polar surface area (TPSA) is 43.4 Å². The Balaban J connectivity index is 3.10. The zero-order valence-corrected chi connectivity index (χ0v) is 10.5. The lowest BCUT2D eigenvalue weighted by atomic mass is 9.98. The number of carbonyl (C=O) groups is 2. The molecule has 0 N–H and O–H groups in total. The van der Waals surface area contributed by atoms with Gasteiger partial charge in [-0.1, -0.05) is 18.2 Å². The number of aryl methyl sites for hydroxylation is 1. The fraction of sp³-hybridized carbons (Fsp3) is 0.385. The average Bonchev–Trinajstić information content (AvgIpc) is 2.35. The Morgan fingerprint density at radius 3 is 2.71 bits per heavy atom. The fourth-order valence-electron chi connectivity index (χ4n) is 1.65. The number of halogens is 1. The molecule has 0 saturated heterocycles. The third-order valence-electron chi connectivity index (χ3n) is 2.39. The highest BCUT2D eigenvalue weighted by atomic mass is 35.5. The molecule has 1 aromatic rings. The predicted octanol–water partition coefficient (Wildman–Crippen LogP) is 2.73. The smallest absolute Gasteiger partial charge is 0.338 e. The number of benzene rings is 1. The molecule has 0 aliphatic heterocycles. The summed E-state index contributed by atoms with van der Waals surface area (Å²) in [5, 5.41) is 0. The van der Waals surface area contributed by atoms with Gasteiger partial charge in [-0.2, -0.15) is 0 Å². The van der Waals surface area contributed by atoms with Crippen molar-refractivity contribution >= 4 is 23.9 Å². The Morgan fingerprint density at radius 1 is 1.41 bits per heavy atom. The van der Waals surface area contributed by atoms with Crippen molar-refractivity contribution in [3.63, 3.8) is 0 Å². The second kappa shape index (κ2) is 7.07. The van der Waals surface area contributed by atoms with Gasteiger partial charge in [0.25, 0.3) is 0 Å². The van der Waals surface area contributed by atoms with Crippen molar-refractivity contribution in [2.75, 3.05) is 6.61 Å². The quantitative estimate of drug-likeness (QED) is 0.445. The van der Waals surface area contributed by atoms with Crippen LogP contribution in [0.15, 0.2) is 18.2 Å². The molecule has 92 valence electrons. The van der Waals surface area contributed by atoms with E-state index < -0.39 is 0 Å². The lowest BCUT2D eigenvalue weighted by molar-refractivity contribution is -0.107. The monoisotopic (exact) mass is 254 g/mol. The van der Waals surface area contributed by atoms with Crippen molar-refractivity contribution in [3.05, 3.63) is 34.9 Å². The van der Waals surface area contributed by atoms with Crippen LogP contribution in [0.25, 0.3) is 0 Å². The molecule has 0 amide bonds. The SMILES string of the molecule is CCOC(=O)c1c(CCl)cccc1CCC=O. The van der Waals surface area contributed by atoms with Crippen LogP contribution >= 0.6 is 11.6 Å². The van der Waals surface area contributed by atoms with Crippen LogP contribution in [-0.2, 0) is 21.8 Å². The summed E-state index contributed by atoms with van der Waals surface area (Å²) in [6.07, 6.45) is 1.75. The van der Waals surface area contributed by atoms with E-state index in [0.717, 1.165) is 17.4 Å². The molecule has 0 spiro atoms. The second-order valence-corrected chi connectivity index (χ2v) is 3.78. The van der Waals surface area contributed by atoms with Gasteiger partial charge in [0.2, 0.25) is 0 Å². The maximum Gasteiger partial charge on any atom is 0.338 e. The number of esters is 1. The molecule has 0 aliphatic rings. The van der Waals surface area contributed by atoms with Crippen LogP contribution in [0.5, 0.6) is 0 Å². The molecular weight excluding hydrogens is 240 g/mol. The zero-order valence-electron chi connectivity index (χ0n) is 9.74. The first kappa shape index (κ1) is 13.7. The molecule has 0 bridgehead atoms. The molecule has 0 atom stereocenters. The first-order valence-electron chi connectivity index (χ1n) is 5.52. The lowest BCUT2D eigenvalue weighted by Gasteiger charge is -2.11. The van der Waals surface area contributed by atoms with Crippen LogP contribution in [0.2, 0.25) is 0 Å². The largest absolute Gasteiger partial charge is 0.462 e. The molecule has 0 aromatic heterocycles. The minimum atomic E-state index is -0.371. The third-order valence-corrected chi connectivity index (χ3v) is 2.68. The molecule has 0 radical (unpaired) electrons. The van der Waals surface area contributed by atoms with Gasteiger partial charge < -0.3 is 9.53 Å². The molecule has 0 saturated carbocycles. The van der Waals surface area contributed by atoms with E-state index in [9.17, 15) is 9.59 Å². The van der Waals surface area contributed by atoms with Crippen LogP contribution in [0.4, 0.5) is 0 Å². The summed E-state index contributed by atoms with van der Waals surface area (Å²) in [7, 11) is 0. The van der Waals surface area contributed by atoms with Gasteiger partial charge in [-0.3, -0.25) is 0 Å². The van der Waals surface area contributed by atoms with Gasteiger partial charge in [-0.25, -0.2) is 4.79 Å². The van der Waals surface area contributed by atoms with Gasteiger partial charge in [0, 0.05) is 12.3 Å². The van der Waals surface area contributed by atoms with Crippen molar-refractivity contribution < 1.29 is 14.3 Å². The summed E-state index contributed by atoms with van der Waals surface area (Å²) in [6, 6.07) is 5.45. The molecule has 0 heterocycles. The Morgan fingerprint density at radius 2 is 2.12 bits per heavy atom. The van der Waals surface area contributed by atoms with Gasteiger partial charge >= 0.3 is 5.97 Å². The molecular formula is C13H15ClO3. The van der Waals surface area contributed by atoms with Crippen molar-refractivity contribution in [1.29, 1.82) is 0 Å². The summed E-state index contributed by atoms with van der Waals surface area (Å²) in [5.74, 6) is -0.118. The summed E-state index contributed by atoms with van der Waals surface area (Å²) < 4.78 is 5.01. The lowest BCUT2D eigenvalue weighted by Crippen LogP contribution is -2.11. The Hall–Kier alpha value is -1.35. The summed E-state index contributed by atoms with van der Waals surface area (Å²) >= 11 is 5.81. The van der Waals surface area contributed by atoms with Gasteiger partial charge in [0.15, 0.2) is 0 Å². The van der Waals surface area contributed by atoms with Gasteiger partial charge in [0.05, 0.1) is 12.2 Å². The fourth-order valence-corrected chi connectivity index (χ4v) is 1.88. The Bertz CT molecular complexity index is 402. The van der Waals surface area contributed by atoms with E-state index in [-0.39, 0.29) is 11.8 Å². The highest BCUT2D eigenvalue weighted by Crippen LogP contribution is 2.19. The van der Waals surface area contributed by atoms with Crippen molar-refractivity contribution in [2.45, 2.75) is 25.6 Å². The molecule has 3 nitrogen and oxygen atoms in total. The number of alkyl halides is 1. The summed E-state index contributed by atoms with van der Waals surface area (Å²) in [4.78, 5) is 22.2. The first-order valence-corrected chi connectivity index (χ1v) is 6.05. The van der Waals surface area contributed by atoms with E-state index >= 15 is 0 Å². The molecule has 0 unspecified atom stereocenters. The maximum atomic E-state index is 11.8. The van der Waals surface area contributed by atoms with Crippen molar-refractivity contribution in [1.82, 2.24) is 0 Å². The molecule has 0 aliphatic carbocycles. The van der Waals surface area contributed by atoms with Gasteiger partial charge in [0.1, 0.15) is 6.29 Å². The second-order valence-electron chi connectivity index (χ2n) is 3.51. The van der Waals surface area contributed by atoms with E-state index in [1.54, 1.807) is 13.0 Å². The van der Waals surface area contributed by atoms with E-state index in [0.29, 0.717) is 25.0 Å². The normalized spacial score (nSPS) is 10.0. The highest BCUT2D eigenvalue weighted by molar-refractivity contribution is 6.17. The van der Waals surface area contributed by atoms with E-state index in [1.165, 1.54) is 0 Å². The van der Waals surface area contributed by atoms with E-state index in [2.05, 4.69) is 0 Å². The average molecular weight is 255 g/mol. The number of rotatable bonds is 6. The van der Waals surface area contributed by atoms with Crippen molar-refractivity contribution in [3.8, 4) is 0 Å². The molecule has 1 rings (SSSR count). The van der Waals surface area contributed by atoms with Crippen LogP contribution in [0.1, 0.15) is 34.8 Å². The van der Waals surface area contributed by atoms with Crippen LogP contribution in [0, 0.1) is 0 Å². The minimum Gasteiger partial charge on any atom is -0.462 e. The molecule has 4 heteroatoms. The number of aldehydes is 1. The standard InChI is InChI=1S/C13H15ClO3/c1-2-17-13(16)12-10(7-4-8-15)5-3-6-11(12)9-14/h3,5-6,8H,2,4,7,9H2,1H3. The number of ether oxygens (including phenoxy) is 1. The molecule has 1 aromatic carbocycles. The van der Waals surface area contributed by atoms with Crippen LogP contribution < -0.4 is 0 Å². The number of hydrogen-bond acceptors (Lipinski definition) is 3. The highest BCUT2D eigenvalue weighted by Gasteiger charge is 2.16.